The van der Waals surface area contributed by atoms with E-state index in [9.17, 15) is 9.59 Å². The molecule has 0 radical (unpaired) electrons. The Balaban J connectivity index is 1.94. The molecule has 7 nitrogen and oxygen atoms in total. The highest BCUT2D eigenvalue weighted by Crippen LogP contribution is 2.14. The lowest BCUT2D eigenvalue weighted by atomic mass is 10.2. The zero-order valence-corrected chi connectivity index (χ0v) is 14.5. The summed E-state index contributed by atoms with van der Waals surface area (Å²) < 4.78 is 0. The van der Waals surface area contributed by atoms with Crippen LogP contribution in [0.2, 0.25) is 0 Å². The predicted molar refractivity (Wildman–Crippen MR) is 98.7 cm³/mol. The molecule has 0 saturated carbocycles. The zero-order chi connectivity index (χ0) is 18.1. The number of hydrogen-bond acceptors (Lipinski definition) is 5. The number of amides is 2. The molecule has 2 aromatic rings. The van der Waals surface area contributed by atoms with Gasteiger partial charge in [0.2, 0.25) is 11.9 Å². The first-order valence-electron chi connectivity index (χ1n) is 8.34. The molecule has 0 spiro atoms. The fourth-order valence-corrected chi connectivity index (χ4v) is 2.18. The normalized spacial score (nSPS) is 10.2. The van der Waals surface area contributed by atoms with Gasteiger partial charge in [-0.05, 0) is 36.8 Å². The van der Waals surface area contributed by atoms with Crippen LogP contribution in [0.25, 0.3) is 0 Å². The molecule has 0 bridgehead atoms. The van der Waals surface area contributed by atoms with Crippen LogP contribution < -0.4 is 16.0 Å². The van der Waals surface area contributed by atoms with Crippen LogP contribution in [-0.4, -0.2) is 28.3 Å². The Morgan fingerprint density at radius 1 is 1.00 bits per heavy atom. The third-order valence-electron chi connectivity index (χ3n) is 3.41. The lowest BCUT2D eigenvalue weighted by molar-refractivity contribution is -0.114. The first-order chi connectivity index (χ1) is 12.1. The number of nitrogens with one attached hydrogen (secondary N) is 3. The van der Waals surface area contributed by atoms with Crippen molar-refractivity contribution >= 4 is 29.1 Å². The molecule has 0 aliphatic rings. The fourth-order valence-electron chi connectivity index (χ4n) is 2.18. The van der Waals surface area contributed by atoms with Crippen molar-refractivity contribution in [1.82, 2.24) is 9.97 Å². The predicted octanol–water partition coefficient (Wildman–Crippen LogP) is 3.29. The average Bonchev–Trinajstić information content (AvgIpc) is 2.60. The molecule has 1 heterocycles. The summed E-state index contributed by atoms with van der Waals surface area (Å²) in [5.74, 6) is -0.00668. The SMILES string of the molecule is CCCCCNc1nccc(C(=O)Nc2ccc(NC(C)=O)cc2)n1. The van der Waals surface area contributed by atoms with Gasteiger partial charge in [0.15, 0.2) is 0 Å². The molecule has 25 heavy (non-hydrogen) atoms. The quantitative estimate of drug-likeness (QED) is 0.640. The van der Waals surface area contributed by atoms with E-state index < -0.39 is 0 Å². The van der Waals surface area contributed by atoms with E-state index in [0.29, 0.717) is 23.0 Å². The van der Waals surface area contributed by atoms with E-state index in [4.69, 9.17) is 0 Å². The van der Waals surface area contributed by atoms with Gasteiger partial charge in [0.1, 0.15) is 5.69 Å². The first-order valence-corrected chi connectivity index (χ1v) is 8.34. The maximum Gasteiger partial charge on any atom is 0.274 e. The van der Waals surface area contributed by atoms with E-state index in [-0.39, 0.29) is 11.8 Å². The lowest BCUT2D eigenvalue weighted by Crippen LogP contribution is -2.15. The third kappa shape index (κ3) is 6.21. The molecule has 0 unspecified atom stereocenters. The van der Waals surface area contributed by atoms with Crippen molar-refractivity contribution in [3.63, 3.8) is 0 Å². The number of nitrogens with zero attached hydrogens (tertiary/aromatic N) is 2. The molecular formula is C18H23N5O2. The van der Waals surface area contributed by atoms with E-state index in [1.807, 2.05) is 0 Å². The maximum absolute atomic E-state index is 12.3. The second-order valence-corrected chi connectivity index (χ2v) is 5.61. The van der Waals surface area contributed by atoms with Crippen molar-refractivity contribution in [3.8, 4) is 0 Å². The highest BCUT2D eigenvalue weighted by molar-refractivity contribution is 6.03. The molecule has 0 fully saturated rings. The van der Waals surface area contributed by atoms with Crippen LogP contribution in [0.4, 0.5) is 17.3 Å². The maximum atomic E-state index is 12.3. The minimum Gasteiger partial charge on any atom is -0.354 e. The Labute approximate surface area is 147 Å². The molecule has 1 aromatic heterocycles. The van der Waals surface area contributed by atoms with Crippen molar-refractivity contribution in [2.24, 2.45) is 0 Å². The summed E-state index contributed by atoms with van der Waals surface area (Å²) in [5, 5.41) is 8.57. The minimum atomic E-state index is -0.314. The van der Waals surface area contributed by atoms with Crippen LogP contribution in [0.15, 0.2) is 36.5 Å². The zero-order valence-electron chi connectivity index (χ0n) is 14.5. The summed E-state index contributed by atoms with van der Waals surface area (Å²) in [7, 11) is 0. The molecular weight excluding hydrogens is 318 g/mol. The Morgan fingerprint density at radius 3 is 2.32 bits per heavy atom. The van der Waals surface area contributed by atoms with Crippen LogP contribution >= 0.6 is 0 Å². The summed E-state index contributed by atoms with van der Waals surface area (Å²) in [5.41, 5.74) is 1.58. The number of hydrogen-bond donors (Lipinski definition) is 3. The number of rotatable bonds is 8. The second-order valence-electron chi connectivity index (χ2n) is 5.61. The molecule has 132 valence electrons. The van der Waals surface area contributed by atoms with Gasteiger partial charge in [-0.25, -0.2) is 9.97 Å². The average molecular weight is 341 g/mol. The molecule has 2 amide bonds. The molecule has 2 rings (SSSR count). The molecule has 7 heteroatoms. The Morgan fingerprint density at radius 2 is 1.68 bits per heavy atom. The van der Waals surface area contributed by atoms with Gasteiger partial charge in [0.05, 0.1) is 0 Å². The van der Waals surface area contributed by atoms with Gasteiger partial charge < -0.3 is 16.0 Å². The van der Waals surface area contributed by atoms with Gasteiger partial charge in [-0.2, -0.15) is 0 Å². The van der Waals surface area contributed by atoms with E-state index in [0.717, 1.165) is 25.8 Å². The van der Waals surface area contributed by atoms with Gasteiger partial charge in [-0.3, -0.25) is 9.59 Å². The second kappa shape index (κ2) is 9.36. The molecule has 0 aliphatic heterocycles. The summed E-state index contributed by atoms with van der Waals surface area (Å²) in [4.78, 5) is 31.7. The molecule has 0 aliphatic carbocycles. The van der Waals surface area contributed by atoms with Crippen LogP contribution in [0.1, 0.15) is 43.6 Å². The van der Waals surface area contributed by atoms with Crippen LogP contribution in [-0.2, 0) is 4.79 Å². The summed E-state index contributed by atoms with van der Waals surface area (Å²) in [6.07, 6.45) is 4.88. The van der Waals surface area contributed by atoms with Crippen molar-refractivity contribution in [1.29, 1.82) is 0 Å². The topological polar surface area (TPSA) is 96.0 Å². The van der Waals surface area contributed by atoms with E-state index in [1.54, 1.807) is 36.5 Å². The lowest BCUT2D eigenvalue weighted by Gasteiger charge is -2.08. The summed E-state index contributed by atoms with van der Waals surface area (Å²) >= 11 is 0. The van der Waals surface area contributed by atoms with E-state index in [1.165, 1.54) is 6.92 Å². The minimum absolute atomic E-state index is 0.142. The fraction of sp³-hybridized carbons (Fsp3) is 0.333. The third-order valence-corrected chi connectivity index (χ3v) is 3.41. The molecule has 1 aromatic carbocycles. The largest absolute Gasteiger partial charge is 0.354 e. The van der Waals surface area contributed by atoms with Gasteiger partial charge in [-0.15, -0.1) is 0 Å². The van der Waals surface area contributed by atoms with Crippen LogP contribution in [0, 0.1) is 0 Å². The number of benzene rings is 1. The first kappa shape index (κ1) is 18.4. The Bertz CT molecular complexity index is 716. The smallest absolute Gasteiger partial charge is 0.274 e. The van der Waals surface area contributed by atoms with Gasteiger partial charge in [0, 0.05) is 31.0 Å². The monoisotopic (exact) mass is 341 g/mol. The Hall–Kier alpha value is -2.96. The van der Waals surface area contributed by atoms with Gasteiger partial charge in [-0.1, -0.05) is 19.8 Å². The molecule has 3 N–H and O–H groups in total. The van der Waals surface area contributed by atoms with Crippen molar-refractivity contribution < 1.29 is 9.59 Å². The van der Waals surface area contributed by atoms with Crippen molar-refractivity contribution in [2.45, 2.75) is 33.1 Å². The standard InChI is InChI=1S/C18H23N5O2/c1-3-4-5-11-19-18-20-12-10-16(23-18)17(25)22-15-8-6-14(7-9-15)21-13(2)24/h6-10,12H,3-5,11H2,1-2H3,(H,21,24)(H,22,25)(H,19,20,23). The van der Waals surface area contributed by atoms with E-state index >= 15 is 0 Å². The molecule has 0 saturated heterocycles. The van der Waals surface area contributed by atoms with Crippen LogP contribution in [0.5, 0.6) is 0 Å². The van der Waals surface area contributed by atoms with Gasteiger partial charge in [0.25, 0.3) is 5.91 Å². The van der Waals surface area contributed by atoms with E-state index in [2.05, 4.69) is 32.8 Å². The highest BCUT2D eigenvalue weighted by Gasteiger charge is 2.09. The molecule has 0 atom stereocenters. The summed E-state index contributed by atoms with van der Waals surface area (Å²) in [6, 6.07) is 8.44. The summed E-state index contributed by atoms with van der Waals surface area (Å²) in [6.45, 7) is 4.37. The number of unbranched alkanes of at least 4 members (excludes halogenated alkanes) is 2. The number of aromatic nitrogens is 2. The van der Waals surface area contributed by atoms with Gasteiger partial charge >= 0.3 is 0 Å². The van der Waals surface area contributed by atoms with Crippen LogP contribution in [0.3, 0.4) is 0 Å². The van der Waals surface area contributed by atoms with Crippen molar-refractivity contribution in [2.75, 3.05) is 22.5 Å². The number of carbonyl (C=O) groups excluding carboxylic acids is 2. The Kier molecular flexibility index (Phi) is 6.88. The number of carbonyl (C=O) groups is 2. The van der Waals surface area contributed by atoms with Crippen molar-refractivity contribution in [3.05, 3.63) is 42.2 Å². The number of anilines is 3. The highest BCUT2D eigenvalue weighted by atomic mass is 16.2.